The predicted octanol–water partition coefficient (Wildman–Crippen LogP) is 2.31. The Bertz CT molecular complexity index is 587. The third kappa shape index (κ3) is 3.49. The first-order chi connectivity index (χ1) is 9.66. The van der Waals surface area contributed by atoms with Crippen LogP contribution in [-0.2, 0) is 0 Å². The van der Waals surface area contributed by atoms with Gasteiger partial charge < -0.3 is 11.1 Å². The first-order valence-electron chi connectivity index (χ1n) is 5.94. The lowest BCUT2D eigenvalue weighted by atomic mass is 10.3. The zero-order valence-electron chi connectivity index (χ0n) is 10.6. The molecule has 2 aromatic rings. The Morgan fingerprint density at radius 3 is 2.00 bits per heavy atom. The third-order valence-corrected chi connectivity index (χ3v) is 2.46. The molecule has 102 valence electrons. The van der Waals surface area contributed by atoms with Crippen LogP contribution < -0.4 is 21.5 Å². The molecule has 0 aromatic heterocycles. The van der Waals surface area contributed by atoms with Crippen molar-refractivity contribution in [1.82, 2.24) is 5.43 Å². The van der Waals surface area contributed by atoms with Crippen molar-refractivity contribution < 1.29 is 9.59 Å². The summed E-state index contributed by atoms with van der Waals surface area (Å²) in [6.45, 7) is 0. The molecule has 0 saturated carbocycles. The van der Waals surface area contributed by atoms with Gasteiger partial charge in [-0.3, -0.25) is 0 Å². The van der Waals surface area contributed by atoms with Gasteiger partial charge in [0, 0.05) is 5.69 Å². The van der Waals surface area contributed by atoms with Crippen molar-refractivity contribution in [3.8, 4) is 0 Å². The summed E-state index contributed by atoms with van der Waals surface area (Å²) in [5.41, 5.74) is 8.48. The number of nitrogens with one attached hydrogen (secondary N) is 2. The Balaban J connectivity index is 2.18. The van der Waals surface area contributed by atoms with Crippen LogP contribution in [0.15, 0.2) is 60.7 Å². The van der Waals surface area contributed by atoms with Gasteiger partial charge in [0.15, 0.2) is 0 Å². The summed E-state index contributed by atoms with van der Waals surface area (Å²) in [6.07, 6.45) is 0. The molecule has 4 amide bonds. The van der Waals surface area contributed by atoms with E-state index in [1.807, 2.05) is 6.07 Å². The maximum Gasteiger partial charge on any atom is 0.345 e. The van der Waals surface area contributed by atoms with Crippen molar-refractivity contribution in [1.29, 1.82) is 0 Å². The molecular formula is C14H14N4O2. The Morgan fingerprint density at radius 2 is 1.45 bits per heavy atom. The number of para-hydroxylation sites is 2. The number of hydrazine groups is 1. The van der Waals surface area contributed by atoms with Crippen molar-refractivity contribution in [2.45, 2.75) is 0 Å². The van der Waals surface area contributed by atoms with Crippen LogP contribution in [0.2, 0.25) is 0 Å². The molecule has 6 nitrogen and oxygen atoms in total. The highest BCUT2D eigenvalue weighted by Gasteiger charge is 2.17. The van der Waals surface area contributed by atoms with Gasteiger partial charge in [-0.1, -0.05) is 36.4 Å². The molecular weight excluding hydrogens is 256 g/mol. The molecule has 2 aromatic carbocycles. The molecule has 20 heavy (non-hydrogen) atoms. The first kappa shape index (κ1) is 13.4. The summed E-state index contributed by atoms with van der Waals surface area (Å²) in [5.74, 6) is 0. The number of nitrogens with zero attached hydrogens (tertiary/aromatic N) is 1. The molecule has 0 saturated heterocycles. The van der Waals surface area contributed by atoms with E-state index in [9.17, 15) is 9.59 Å². The molecule has 0 aliphatic rings. The number of rotatable bonds is 2. The summed E-state index contributed by atoms with van der Waals surface area (Å²) in [5, 5.41) is 3.71. The zero-order chi connectivity index (χ0) is 14.4. The minimum absolute atomic E-state index is 0.500. The normalized spacial score (nSPS) is 9.60. The highest BCUT2D eigenvalue weighted by Crippen LogP contribution is 2.13. The van der Waals surface area contributed by atoms with Gasteiger partial charge in [-0.2, -0.15) is 0 Å². The van der Waals surface area contributed by atoms with E-state index in [0.717, 1.165) is 5.01 Å². The Kier molecular flexibility index (Phi) is 4.18. The SMILES string of the molecule is NC(=O)NN(C(=O)Nc1ccccc1)c1ccccc1. The molecule has 0 unspecified atom stereocenters. The fourth-order valence-electron chi connectivity index (χ4n) is 1.62. The number of hydrogen-bond acceptors (Lipinski definition) is 2. The van der Waals surface area contributed by atoms with Gasteiger partial charge in [0.25, 0.3) is 0 Å². The highest BCUT2D eigenvalue weighted by molar-refractivity contribution is 6.02. The Hall–Kier alpha value is -3.02. The number of hydrogen-bond donors (Lipinski definition) is 3. The van der Waals surface area contributed by atoms with Crippen molar-refractivity contribution in [3.63, 3.8) is 0 Å². The lowest BCUT2D eigenvalue weighted by Crippen LogP contribution is -2.50. The standard InChI is InChI=1S/C14H14N4O2/c15-13(19)17-18(12-9-5-2-6-10-12)14(20)16-11-7-3-1-4-8-11/h1-10H,(H,16,20)(H3,15,17,19). The van der Waals surface area contributed by atoms with Crippen molar-refractivity contribution >= 4 is 23.4 Å². The summed E-state index contributed by atoms with van der Waals surface area (Å²) in [6, 6.07) is 16.2. The second-order valence-electron chi connectivity index (χ2n) is 3.94. The van der Waals surface area contributed by atoms with Crippen molar-refractivity contribution in [2.24, 2.45) is 5.73 Å². The lowest BCUT2D eigenvalue weighted by Gasteiger charge is -2.22. The number of urea groups is 2. The van der Waals surface area contributed by atoms with E-state index in [1.165, 1.54) is 0 Å². The second-order valence-corrected chi connectivity index (χ2v) is 3.94. The Morgan fingerprint density at radius 1 is 0.900 bits per heavy atom. The van der Waals surface area contributed by atoms with Crippen LogP contribution in [0.25, 0.3) is 0 Å². The number of anilines is 2. The summed E-state index contributed by atoms with van der Waals surface area (Å²) < 4.78 is 0. The first-order valence-corrected chi connectivity index (χ1v) is 5.94. The van der Waals surface area contributed by atoms with Crippen LogP contribution in [0.3, 0.4) is 0 Å². The molecule has 0 heterocycles. The maximum absolute atomic E-state index is 12.2. The molecule has 0 spiro atoms. The van der Waals surface area contributed by atoms with E-state index in [2.05, 4.69) is 10.7 Å². The molecule has 0 aliphatic heterocycles. The highest BCUT2D eigenvalue weighted by atomic mass is 16.2. The quantitative estimate of drug-likeness (QED) is 0.731. The predicted molar refractivity (Wildman–Crippen MR) is 77.1 cm³/mol. The van der Waals surface area contributed by atoms with Crippen LogP contribution in [0.1, 0.15) is 0 Å². The smallest absolute Gasteiger partial charge is 0.345 e. The molecule has 0 radical (unpaired) electrons. The van der Waals surface area contributed by atoms with Crippen LogP contribution >= 0.6 is 0 Å². The average molecular weight is 270 g/mol. The summed E-state index contributed by atoms with van der Waals surface area (Å²) in [4.78, 5) is 23.2. The van der Waals surface area contributed by atoms with Gasteiger partial charge in [-0.25, -0.2) is 20.0 Å². The van der Waals surface area contributed by atoms with E-state index < -0.39 is 12.1 Å². The summed E-state index contributed by atoms with van der Waals surface area (Å²) in [7, 11) is 0. The molecule has 0 fully saturated rings. The number of carbonyl (C=O) groups is 2. The van der Waals surface area contributed by atoms with E-state index in [1.54, 1.807) is 54.6 Å². The molecule has 0 bridgehead atoms. The van der Waals surface area contributed by atoms with Gasteiger partial charge in [-0.15, -0.1) is 0 Å². The van der Waals surface area contributed by atoms with Gasteiger partial charge in [-0.05, 0) is 24.3 Å². The van der Waals surface area contributed by atoms with Crippen LogP contribution in [0.4, 0.5) is 21.0 Å². The lowest BCUT2D eigenvalue weighted by molar-refractivity contribution is 0.241. The molecule has 6 heteroatoms. The topological polar surface area (TPSA) is 87.5 Å². The van der Waals surface area contributed by atoms with Crippen molar-refractivity contribution in [3.05, 3.63) is 60.7 Å². The van der Waals surface area contributed by atoms with E-state index >= 15 is 0 Å². The number of benzene rings is 2. The largest absolute Gasteiger partial charge is 0.350 e. The molecule has 2 rings (SSSR count). The fourth-order valence-corrected chi connectivity index (χ4v) is 1.62. The molecule has 4 N–H and O–H groups in total. The number of carbonyl (C=O) groups excluding carboxylic acids is 2. The van der Waals surface area contributed by atoms with Crippen LogP contribution in [-0.4, -0.2) is 12.1 Å². The molecule has 0 aliphatic carbocycles. The van der Waals surface area contributed by atoms with E-state index in [-0.39, 0.29) is 0 Å². The number of nitrogens with two attached hydrogens (primary N) is 1. The van der Waals surface area contributed by atoms with E-state index in [0.29, 0.717) is 11.4 Å². The minimum atomic E-state index is -0.822. The summed E-state index contributed by atoms with van der Waals surface area (Å²) >= 11 is 0. The third-order valence-electron chi connectivity index (χ3n) is 2.46. The van der Waals surface area contributed by atoms with Crippen molar-refractivity contribution in [2.75, 3.05) is 10.3 Å². The van der Waals surface area contributed by atoms with Gasteiger partial charge in [0.05, 0.1) is 5.69 Å². The van der Waals surface area contributed by atoms with Gasteiger partial charge in [0.2, 0.25) is 0 Å². The average Bonchev–Trinajstić information content (AvgIpc) is 2.46. The second kappa shape index (κ2) is 6.24. The van der Waals surface area contributed by atoms with Crippen LogP contribution in [0, 0.1) is 0 Å². The van der Waals surface area contributed by atoms with E-state index in [4.69, 9.17) is 5.73 Å². The number of primary amides is 1. The van der Waals surface area contributed by atoms with Gasteiger partial charge >= 0.3 is 12.1 Å². The number of amides is 4. The minimum Gasteiger partial charge on any atom is -0.350 e. The monoisotopic (exact) mass is 270 g/mol. The maximum atomic E-state index is 12.2. The van der Waals surface area contributed by atoms with Crippen LogP contribution in [0.5, 0.6) is 0 Å². The Labute approximate surface area is 116 Å². The fraction of sp³-hybridized carbons (Fsp3) is 0. The molecule has 0 atom stereocenters. The zero-order valence-corrected chi connectivity index (χ0v) is 10.6. The van der Waals surface area contributed by atoms with Gasteiger partial charge in [0.1, 0.15) is 0 Å².